The van der Waals surface area contributed by atoms with Crippen LogP contribution in [0.1, 0.15) is 45.6 Å². The van der Waals surface area contributed by atoms with Gasteiger partial charge in [0.05, 0.1) is 6.42 Å². The minimum Gasteiger partial charge on any atom is -0.368 e. The molecule has 1 aromatic rings. The lowest BCUT2D eigenvalue weighted by molar-refractivity contribution is -0.121. The molecule has 0 aliphatic rings. The van der Waals surface area contributed by atoms with Crippen molar-refractivity contribution in [3.63, 3.8) is 0 Å². The third-order valence-electron chi connectivity index (χ3n) is 3.37. The summed E-state index contributed by atoms with van der Waals surface area (Å²) in [5.74, 6) is 0.742. The highest BCUT2D eigenvalue weighted by Gasteiger charge is 2.17. The number of rotatable bonds is 7. The Kier molecular flexibility index (Phi) is 6.25. The van der Waals surface area contributed by atoms with Gasteiger partial charge in [0.1, 0.15) is 0 Å². The fraction of sp³-hybridized carbons (Fsp3) is 0.643. The smallest absolute Gasteiger partial charge is 0.224 e. The maximum Gasteiger partial charge on any atom is 0.224 e. The number of nitrogens with two attached hydrogens (primary N) is 1. The van der Waals surface area contributed by atoms with Crippen LogP contribution in [0, 0.1) is 5.92 Å². The highest BCUT2D eigenvalue weighted by Crippen LogP contribution is 2.13. The minimum absolute atomic E-state index is 0.0205. The van der Waals surface area contributed by atoms with Crippen molar-refractivity contribution < 1.29 is 4.79 Å². The summed E-state index contributed by atoms with van der Waals surface area (Å²) in [5.41, 5.74) is 6.20. The van der Waals surface area contributed by atoms with E-state index in [0.717, 1.165) is 24.8 Å². The highest BCUT2D eigenvalue weighted by molar-refractivity contribution is 5.78. The molecule has 5 nitrogen and oxygen atoms in total. The molecule has 0 bridgehead atoms. The molecule has 0 aliphatic carbocycles. The standard InChI is InChI=1S/C14H24N4O/c1-4-6-12(10(3)5-2)18-13(19)7-11-8-16-14(15)17-9-11/h8-10,12H,4-7H2,1-3H3,(H,18,19)(H2,15,16,17)/t10-,12+/m1/s1. The molecule has 5 heteroatoms. The molecule has 2 atom stereocenters. The van der Waals surface area contributed by atoms with Crippen LogP contribution in [0.3, 0.4) is 0 Å². The summed E-state index contributed by atoms with van der Waals surface area (Å²) in [7, 11) is 0. The van der Waals surface area contributed by atoms with Crippen LogP contribution >= 0.6 is 0 Å². The number of nitrogens with zero attached hydrogens (tertiary/aromatic N) is 2. The third kappa shape index (κ3) is 5.24. The van der Waals surface area contributed by atoms with Crippen molar-refractivity contribution in [3.05, 3.63) is 18.0 Å². The van der Waals surface area contributed by atoms with E-state index in [1.807, 2.05) is 0 Å². The van der Waals surface area contributed by atoms with Crippen LogP contribution in [-0.4, -0.2) is 21.9 Å². The Hall–Kier alpha value is -1.65. The lowest BCUT2D eigenvalue weighted by Crippen LogP contribution is -2.40. The van der Waals surface area contributed by atoms with Gasteiger partial charge in [0.15, 0.2) is 0 Å². The summed E-state index contributed by atoms with van der Waals surface area (Å²) in [6, 6.07) is 0.247. The summed E-state index contributed by atoms with van der Waals surface area (Å²) >= 11 is 0. The van der Waals surface area contributed by atoms with Gasteiger partial charge in [0.2, 0.25) is 11.9 Å². The quantitative estimate of drug-likeness (QED) is 0.788. The minimum atomic E-state index is 0.0205. The largest absolute Gasteiger partial charge is 0.368 e. The molecule has 106 valence electrons. The van der Waals surface area contributed by atoms with Gasteiger partial charge in [-0.2, -0.15) is 0 Å². The molecule has 1 aromatic heterocycles. The molecule has 0 radical (unpaired) electrons. The van der Waals surface area contributed by atoms with E-state index in [2.05, 4.69) is 36.1 Å². The summed E-state index contributed by atoms with van der Waals surface area (Å²) in [6.45, 7) is 6.45. The average molecular weight is 264 g/mol. The monoisotopic (exact) mass is 264 g/mol. The molecule has 0 aliphatic heterocycles. The Labute approximate surface area is 115 Å². The zero-order valence-corrected chi connectivity index (χ0v) is 12.0. The molecule has 0 spiro atoms. The third-order valence-corrected chi connectivity index (χ3v) is 3.37. The molecular weight excluding hydrogens is 240 g/mol. The zero-order valence-electron chi connectivity index (χ0n) is 12.0. The second kappa shape index (κ2) is 7.71. The van der Waals surface area contributed by atoms with Crippen LogP contribution in [0.5, 0.6) is 0 Å². The van der Waals surface area contributed by atoms with Gasteiger partial charge in [0.25, 0.3) is 0 Å². The van der Waals surface area contributed by atoms with Gasteiger partial charge >= 0.3 is 0 Å². The van der Waals surface area contributed by atoms with Gasteiger partial charge in [-0.3, -0.25) is 4.79 Å². The van der Waals surface area contributed by atoms with Crippen LogP contribution in [-0.2, 0) is 11.2 Å². The Morgan fingerprint density at radius 2 is 2.00 bits per heavy atom. The first-order valence-electron chi connectivity index (χ1n) is 6.92. The van der Waals surface area contributed by atoms with Gasteiger partial charge in [-0.25, -0.2) is 9.97 Å². The van der Waals surface area contributed by atoms with Crippen LogP contribution in [0.15, 0.2) is 12.4 Å². The lowest BCUT2D eigenvalue weighted by Gasteiger charge is -2.23. The number of nitrogen functional groups attached to an aromatic ring is 1. The van der Waals surface area contributed by atoms with Crippen molar-refractivity contribution in [2.45, 2.75) is 52.5 Å². The van der Waals surface area contributed by atoms with Gasteiger partial charge in [0, 0.05) is 18.4 Å². The van der Waals surface area contributed by atoms with E-state index in [4.69, 9.17) is 5.73 Å². The highest BCUT2D eigenvalue weighted by atomic mass is 16.1. The molecule has 3 N–H and O–H groups in total. The number of amides is 1. The van der Waals surface area contributed by atoms with E-state index in [0.29, 0.717) is 12.3 Å². The number of nitrogens with one attached hydrogen (secondary N) is 1. The average Bonchev–Trinajstić information content (AvgIpc) is 2.40. The Morgan fingerprint density at radius 1 is 1.37 bits per heavy atom. The van der Waals surface area contributed by atoms with E-state index in [1.54, 1.807) is 12.4 Å². The van der Waals surface area contributed by atoms with E-state index in [1.165, 1.54) is 0 Å². The fourth-order valence-corrected chi connectivity index (χ4v) is 1.99. The van der Waals surface area contributed by atoms with Gasteiger partial charge in [-0.05, 0) is 17.9 Å². The topological polar surface area (TPSA) is 80.9 Å². The Balaban J connectivity index is 2.54. The number of hydrogen-bond donors (Lipinski definition) is 2. The first kappa shape index (κ1) is 15.4. The summed E-state index contributed by atoms with van der Waals surface area (Å²) in [5, 5.41) is 3.11. The molecule has 0 aromatic carbocycles. The Bertz CT molecular complexity index is 391. The van der Waals surface area contributed by atoms with Crippen molar-refractivity contribution in [2.24, 2.45) is 5.92 Å². The summed E-state index contributed by atoms with van der Waals surface area (Å²) < 4.78 is 0. The second-order valence-electron chi connectivity index (χ2n) is 4.97. The molecule has 19 heavy (non-hydrogen) atoms. The SMILES string of the molecule is CCC[C@H](NC(=O)Cc1cnc(N)nc1)[C@H](C)CC. The molecular formula is C14H24N4O. The lowest BCUT2D eigenvalue weighted by atomic mass is 9.95. The molecule has 1 amide bonds. The Morgan fingerprint density at radius 3 is 2.53 bits per heavy atom. The zero-order chi connectivity index (χ0) is 14.3. The van der Waals surface area contributed by atoms with Gasteiger partial charge in [-0.1, -0.05) is 33.6 Å². The maximum absolute atomic E-state index is 12.0. The number of anilines is 1. The normalized spacial score (nSPS) is 13.8. The number of hydrogen-bond acceptors (Lipinski definition) is 4. The number of carbonyl (C=O) groups excluding carboxylic acids is 1. The van der Waals surface area contributed by atoms with Crippen molar-refractivity contribution in [1.29, 1.82) is 0 Å². The van der Waals surface area contributed by atoms with E-state index >= 15 is 0 Å². The summed E-state index contributed by atoms with van der Waals surface area (Å²) in [4.78, 5) is 19.8. The molecule has 0 saturated heterocycles. The molecule has 0 fully saturated rings. The molecule has 0 saturated carbocycles. The van der Waals surface area contributed by atoms with Crippen LogP contribution in [0.25, 0.3) is 0 Å². The van der Waals surface area contributed by atoms with Crippen LogP contribution in [0.2, 0.25) is 0 Å². The number of carbonyl (C=O) groups is 1. The van der Waals surface area contributed by atoms with Crippen LogP contribution in [0.4, 0.5) is 5.95 Å². The number of aromatic nitrogens is 2. The first-order valence-corrected chi connectivity index (χ1v) is 6.92. The van der Waals surface area contributed by atoms with Crippen molar-refractivity contribution >= 4 is 11.9 Å². The van der Waals surface area contributed by atoms with Gasteiger partial charge < -0.3 is 11.1 Å². The molecule has 0 unspecified atom stereocenters. The molecule has 1 rings (SSSR count). The predicted molar refractivity (Wildman–Crippen MR) is 76.4 cm³/mol. The second-order valence-corrected chi connectivity index (χ2v) is 4.97. The predicted octanol–water partition coefficient (Wildman–Crippen LogP) is 1.93. The molecule has 1 heterocycles. The van der Waals surface area contributed by atoms with Crippen molar-refractivity contribution in [3.8, 4) is 0 Å². The van der Waals surface area contributed by atoms with Gasteiger partial charge in [-0.15, -0.1) is 0 Å². The van der Waals surface area contributed by atoms with E-state index < -0.39 is 0 Å². The maximum atomic E-state index is 12.0. The summed E-state index contributed by atoms with van der Waals surface area (Å²) in [6.07, 6.45) is 6.64. The van der Waals surface area contributed by atoms with E-state index in [9.17, 15) is 4.79 Å². The fourth-order valence-electron chi connectivity index (χ4n) is 1.99. The van der Waals surface area contributed by atoms with Crippen LogP contribution < -0.4 is 11.1 Å². The first-order chi connectivity index (χ1) is 9.06. The van der Waals surface area contributed by atoms with E-state index in [-0.39, 0.29) is 17.9 Å². The van der Waals surface area contributed by atoms with Crippen molar-refractivity contribution in [1.82, 2.24) is 15.3 Å². The van der Waals surface area contributed by atoms with Crippen molar-refractivity contribution in [2.75, 3.05) is 5.73 Å².